The Balaban J connectivity index is 1.37. The Hall–Kier alpha value is -1.76. The molecule has 0 spiro atoms. The van der Waals surface area contributed by atoms with E-state index in [-0.39, 0.29) is 0 Å². The molecule has 3 rings (SSSR count). The molecule has 1 aromatic heterocycles. The highest BCUT2D eigenvalue weighted by Gasteiger charge is 2.27. The van der Waals surface area contributed by atoms with Crippen molar-refractivity contribution in [3.63, 3.8) is 0 Å². The summed E-state index contributed by atoms with van der Waals surface area (Å²) in [6.45, 7) is 0.682. The maximum Gasteiger partial charge on any atom is 0.209 e. The van der Waals surface area contributed by atoms with Gasteiger partial charge in [-0.15, -0.1) is 5.10 Å². The van der Waals surface area contributed by atoms with E-state index in [9.17, 15) is 0 Å². The monoisotopic (exact) mass is 291 g/mol. The van der Waals surface area contributed by atoms with Crippen LogP contribution in [0.5, 0.6) is 5.75 Å². The average molecular weight is 291 g/mol. The van der Waals surface area contributed by atoms with Crippen molar-refractivity contribution < 1.29 is 4.74 Å². The Kier molecular flexibility index (Phi) is 4.05. The van der Waals surface area contributed by atoms with E-state index in [1.54, 1.807) is 11.8 Å². The lowest BCUT2D eigenvalue weighted by atomic mass is 10.3. The van der Waals surface area contributed by atoms with Crippen molar-refractivity contribution in [3.05, 3.63) is 24.3 Å². The molecule has 106 valence electrons. The molecule has 0 saturated heterocycles. The molecule has 0 radical (unpaired) electrons. The minimum absolute atomic E-state index is 0.526. The first kappa shape index (κ1) is 13.2. The first-order chi connectivity index (χ1) is 9.83. The van der Waals surface area contributed by atoms with E-state index in [0.717, 1.165) is 28.8 Å². The van der Waals surface area contributed by atoms with Gasteiger partial charge in [0.15, 0.2) is 0 Å². The quantitative estimate of drug-likeness (QED) is 0.478. The number of nitrogen functional groups attached to an aromatic ring is 1. The average Bonchev–Trinajstić information content (AvgIpc) is 3.20. The molecule has 0 atom stereocenters. The van der Waals surface area contributed by atoms with Crippen LogP contribution in [-0.2, 0) is 0 Å². The van der Waals surface area contributed by atoms with Crippen LogP contribution in [-0.4, -0.2) is 32.6 Å². The lowest BCUT2D eigenvalue weighted by molar-refractivity contribution is 0.318. The normalized spacial score (nSPS) is 14.4. The van der Waals surface area contributed by atoms with Crippen molar-refractivity contribution in [1.29, 1.82) is 0 Å². The molecule has 1 saturated carbocycles. The summed E-state index contributed by atoms with van der Waals surface area (Å²) in [6, 6.07) is 7.98. The van der Waals surface area contributed by atoms with Gasteiger partial charge in [0, 0.05) is 11.4 Å². The summed E-state index contributed by atoms with van der Waals surface area (Å²) in [4.78, 5) is 0. The third kappa shape index (κ3) is 3.41. The van der Waals surface area contributed by atoms with Crippen LogP contribution in [0.25, 0.3) is 0 Å². The van der Waals surface area contributed by atoms with Crippen LogP contribution < -0.4 is 10.5 Å². The lowest BCUT2D eigenvalue weighted by Crippen LogP contribution is -2.01. The summed E-state index contributed by atoms with van der Waals surface area (Å²) >= 11 is 1.69. The van der Waals surface area contributed by atoms with E-state index in [4.69, 9.17) is 10.5 Å². The number of aromatic nitrogens is 4. The topological polar surface area (TPSA) is 78.8 Å². The van der Waals surface area contributed by atoms with Gasteiger partial charge in [0.25, 0.3) is 0 Å². The molecule has 0 unspecified atom stereocenters. The summed E-state index contributed by atoms with van der Waals surface area (Å²) in [5, 5.41) is 12.7. The molecule has 2 N–H and O–H groups in total. The van der Waals surface area contributed by atoms with Crippen molar-refractivity contribution in [2.24, 2.45) is 0 Å². The van der Waals surface area contributed by atoms with E-state index in [1.165, 1.54) is 12.8 Å². The fourth-order valence-corrected chi connectivity index (χ4v) is 2.66. The van der Waals surface area contributed by atoms with Gasteiger partial charge in [-0.1, -0.05) is 11.8 Å². The zero-order valence-electron chi connectivity index (χ0n) is 11.1. The summed E-state index contributed by atoms with van der Waals surface area (Å²) < 4.78 is 7.58. The van der Waals surface area contributed by atoms with Crippen molar-refractivity contribution in [2.75, 3.05) is 18.1 Å². The van der Waals surface area contributed by atoms with Crippen LogP contribution >= 0.6 is 11.8 Å². The molecule has 6 nitrogen and oxygen atoms in total. The van der Waals surface area contributed by atoms with Crippen LogP contribution in [0.1, 0.15) is 25.3 Å². The predicted molar refractivity (Wildman–Crippen MR) is 77.8 cm³/mol. The summed E-state index contributed by atoms with van der Waals surface area (Å²) in [7, 11) is 0. The summed E-state index contributed by atoms with van der Waals surface area (Å²) in [5.41, 5.74) is 6.37. The molecule has 1 aromatic carbocycles. The van der Waals surface area contributed by atoms with Gasteiger partial charge in [-0.05, 0) is 54.0 Å². The second kappa shape index (κ2) is 6.13. The number of tetrazole rings is 1. The van der Waals surface area contributed by atoms with Gasteiger partial charge in [-0.2, -0.15) is 0 Å². The lowest BCUT2D eigenvalue weighted by Gasteiger charge is -2.06. The minimum Gasteiger partial charge on any atom is -0.494 e. The third-order valence-electron chi connectivity index (χ3n) is 3.02. The van der Waals surface area contributed by atoms with Crippen LogP contribution in [0.2, 0.25) is 0 Å². The molecule has 0 amide bonds. The number of anilines is 1. The standard InChI is InChI=1S/C13H17N5OS/c14-10-2-6-12(7-3-10)19-8-1-9-20-13-15-16-17-18(13)11-4-5-11/h2-3,6-7,11H,1,4-5,8-9,14H2. The molecule has 1 heterocycles. The largest absolute Gasteiger partial charge is 0.494 e. The zero-order valence-corrected chi connectivity index (χ0v) is 11.9. The molecular weight excluding hydrogens is 274 g/mol. The van der Waals surface area contributed by atoms with Crippen molar-refractivity contribution >= 4 is 17.4 Å². The van der Waals surface area contributed by atoms with Crippen molar-refractivity contribution in [3.8, 4) is 5.75 Å². The number of nitrogens with two attached hydrogens (primary N) is 1. The summed E-state index contributed by atoms with van der Waals surface area (Å²) in [6.07, 6.45) is 3.34. The van der Waals surface area contributed by atoms with E-state index in [2.05, 4.69) is 15.5 Å². The molecule has 1 fully saturated rings. The van der Waals surface area contributed by atoms with Crippen LogP contribution in [0, 0.1) is 0 Å². The number of hydrogen-bond acceptors (Lipinski definition) is 6. The Morgan fingerprint density at radius 3 is 2.85 bits per heavy atom. The highest BCUT2D eigenvalue weighted by molar-refractivity contribution is 7.99. The minimum atomic E-state index is 0.526. The fourth-order valence-electron chi connectivity index (χ4n) is 1.81. The zero-order chi connectivity index (χ0) is 13.8. The van der Waals surface area contributed by atoms with Crippen molar-refractivity contribution in [1.82, 2.24) is 20.2 Å². The Labute approximate surface area is 121 Å². The maximum atomic E-state index is 5.64. The first-order valence-electron chi connectivity index (χ1n) is 6.72. The second-order valence-electron chi connectivity index (χ2n) is 4.76. The second-order valence-corrected chi connectivity index (χ2v) is 5.82. The molecule has 0 bridgehead atoms. The number of rotatable bonds is 7. The Bertz CT molecular complexity index is 552. The van der Waals surface area contributed by atoms with Gasteiger partial charge in [0.2, 0.25) is 5.16 Å². The van der Waals surface area contributed by atoms with Crippen LogP contribution in [0.3, 0.4) is 0 Å². The maximum absolute atomic E-state index is 5.64. The molecular formula is C13H17N5OS. The van der Waals surface area contributed by atoms with E-state index in [1.807, 2.05) is 28.9 Å². The van der Waals surface area contributed by atoms with Gasteiger partial charge >= 0.3 is 0 Å². The van der Waals surface area contributed by atoms with Gasteiger partial charge < -0.3 is 10.5 Å². The Morgan fingerprint density at radius 1 is 1.30 bits per heavy atom. The van der Waals surface area contributed by atoms with Crippen LogP contribution in [0.15, 0.2) is 29.4 Å². The van der Waals surface area contributed by atoms with E-state index < -0.39 is 0 Å². The van der Waals surface area contributed by atoms with Crippen molar-refractivity contribution in [2.45, 2.75) is 30.5 Å². The third-order valence-corrected chi connectivity index (χ3v) is 4.04. The van der Waals surface area contributed by atoms with Gasteiger partial charge in [-0.3, -0.25) is 0 Å². The molecule has 7 heteroatoms. The number of benzene rings is 1. The summed E-state index contributed by atoms with van der Waals surface area (Å²) in [5.74, 6) is 1.80. The molecule has 0 aliphatic heterocycles. The highest BCUT2D eigenvalue weighted by Crippen LogP contribution is 2.36. The first-order valence-corrected chi connectivity index (χ1v) is 7.70. The molecule has 2 aromatic rings. The number of ether oxygens (including phenoxy) is 1. The van der Waals surface area contributed by atoms with E-state index in [0.29, 0.717) is 12.6 Å². The Morgan fingerprint density at radius 2 is 2.10 bits per heavy atom. The van der Waals surface area contributed by atoms with Gasteiger partial charge in [0.1, 0.15) is 5.75 Å². The molecule has 20 heavy (non-hydrogen) atoms. The van der Waals surface area contributed by atoms with Gasteiger partial charge in [0.05, 0.1) is 12.6 Å². The number of nitrogens with zero attached hydrogens (tertiary/aromatic N) is 4. The highest BCUT2D eigenvalue weighted by atomic mass is 32.2. The van der Waals surface area contributed by atoms with Gasteiger partial charge in [-0.25, -0.2) is 4.68 Å². The number of thioether (sulfide) groups is 1. The van der Waals surface area contributed by atoms with Crippen LogP contribution in [0.4, 0.5) is 5.69 Å². The molecule has 1 aliphatic rings. The SMILES string of the molecule is Nc1ccc(OCCCSc2nnnn2C2CC2)cc1. The van der Waals surface area contributed by atoms with E-state index >= 15 is 0 Å². The smallest absolute Gasteiger partial charge is 0.209 e. The molecule has 1 aliphatic carbocycles. The number of hydrogen-bond donors (Lipinski definition) is 1. The predicted octanol–water partition coefficient (Wildman–Crippen LogP) is 2.15. The fraction of sp³-hybridized carbons (Fsp3) is 0.462.